The Morgan fingerprint density at radius 3 is 2.25 bits per heavy atom. The Morgan fingerprint density at radius 1 is 0.857 bits per heavy atom. The highest BCUT2D eigenvalue weighted by Crippen LogP contribution is 2.28. The Labute approximate surface area is 165 Å². The first-order chi connectivity index (χ1) is 13.6. The molecule has 1 N–H and O–H groups in total. The van der Waals surface area contributed by atoms with Crippen molar-refractivity contribution in [1.29, 1.82) is 0 Å². The maximum absolute atomic E-state index is 13.3. The van der Waals surface area contributed by atoms with Crippen LogP contribution in [0.1, 0.15) is 26.3 Å². The molecule has 0 bridgehead atoms. The average Bonchev–Trinajstić information content (AvgIpc) is 3.11. The fourth-order valence-corrected chi connectivity index (χ4v) is 3.96. The van der Waals surface area contributed by atoms with Gasteiger partial charge in [0.2, 0.25) is 0 Å². The van der Waals surface area contributed by atoms with E-state index >= 15 is 0 Å². The van der Waals surface area contributed by atoms with E-state index in [9.17, 15) is 14.7 Å². The van der Waals surface area contributed by atoms with E-state index in [1.165, 1.54) is 28.5 Å². The molecule has 0 unspecified atom stereocenters. The van der Waals surface area contributed by atoms with Crippen LogP contribution in [0.25, 0.3) is 11.0 Å². The summed E-state index contributed by atoms with van der Waals surface area (Å²) in [5.74, 6) is -0.882. The number of fused-ring (bicyclic) bond motifs is 1. The minimum Gasteiger partial charge on any atom is -0.478 e. The minimum absolute atomic E-state index is 0.0238. The van der Waals surface area contributed by atoms with Gasteiger partial charge < -0.3 is 5.11 Å². The molecule has 1 heterocycles. The number of nitrogens with zero attached hydrogens (tertiary/aromatic N) is 2. The Balaban J connectivity index is 1.79. The number of para-hydroxylation sites is 2. The second-order valence-electron chi connectivity index (χ2n) is 6.15. The SMILES string of the molecule is O=C(O)c1ccccc1C(=O)n1c(SCc2ccccc2)nc2ccccc21. The average molecular weight is 388 g/mol. The highest BCUT2D eigenvalue weighted by Gasteiger charge is 2.22. The summed E-state index contributed by atoms with van der Waals surface area (Å²) in [7, 11) is 0. The summed E-state index contributed by atoms with van der Waals surface area (Å²) in [5, 5.41) is 10.0. The van der Waals surface area contributed by atoms with Crippen LogP contribution in [0.2, 0.25) is 0 Å². The first kappa shape index (κ1) is 18.0. The molecule has 0 aliphatic heterocycles. The number of hydrogen-bond donors (Lipinski definition) is 1. The molecular formula is C22H16N2O3S. The number of thioether (sulfide) groups is 1. The van der Waals surface area contributed by atoms with Crippen molar-refractivity contribution in [1.82, 2.24) is 9.55 Å². The van der Waals surface area contributed by atoms with Gasteiger partial charge in [0.05, 0.1) is 22.2 Å². The molecule has 0 saturated heterocycles. The summed E-state index contributed by atoms with van der Waals surface area (Å²) >= 11 is 1.45. The second kappa shape index (κ2) is 7.70. The van der Waals surface area contributed by atoms with E-state index in [0.29, 0.717) is 21.9 Å². The normalized spacial score (nSPS) is 10.9. The number of benzene rings is 3. The monoisotopic (exact) mass is 388 g/mol. The zero-order valence-corrected chi connectivity index (χ0v) is 15.6. The largest absolute Gasteiger partial charge is 0.478 e. The van der Waals surface area contributed by atoms with E-state index in [0.717, 1.165) is 5.56 Å². The molecule has 0 aliphatic carbocycles. The Hall–Kier alpha value is -3.38. The molecule has 0 aliphatic rings. The Kier molecular flexibility index (Phi) is 4.95. The van der Waals surface area contributed by atoms with Gasteiger partial charge in [-0.05, 0) is 29.8 Å². The molecular weight excluding hydrogens is 372 g/mol. The van der Waals surface area contributed by atoms with E-state index in [-0.39, 0.29) is 11.1 Å². The number of aromatic carboxylic acids is 1. The molecule has 0 atom stereocenters. The fraction of sp³-hybridized carbons (Fsp3) is 0.0455. The van der Waals surface area contributed by atoms with Crippen LogP contribution in [0.3, 0.4) is 0 Å². The van der Waals surface area contributed by atoms with Crippen LogP contribution >= 0.6 is 11.8 Å². The number of aromatic nitrogens is 2. The quantitative estimate of drug-likeness (QED) is 0.501. The van der Waals surface area contributed by atoms with Crippen molar-refractivity contribution in [3.8, 4) is 0 Å². The molecule has 28 heavy (non-hydrogen) atoms. The molecule has 5 nitrogen and oxygen atoms in total. The van der Waals surface area contributed by atoms with Crippen molar-refractivity contribution in [3.63, 3.8) is 0 Å². The van der Waals surface area contributed by atoms with Crippen LogP contribution < -0.4 is 0 Å². The van der Waals surface area contributed by atoms with Crippen LogP contribution in [-0.2, 0) is 5.75 Å². The molecule has 0 saturated carbocycles. The van der Waals surface area contributed by atoms with Crippen LogP contribution in [0, 0.1) is 0 Å². The van der Waals surface area contributed by atoms with Gasteiger partial charge in [-0.15, -0.1) is 0 Å². The zero-order chi connectivity index (χ0) is 19.5. The van der Waals surface area contributed by atoms with Crippen molar-refractivity contribution >= 4 is 34.7 Å². The molecule has 4 rings (SSSR count). The molecule has 1 aromatic heterocycles. The molecule has 0 fully saturated rings. The van der Waals surface area contributed by atoms with Crippen molar-refractivity contribution in [2.24, 2.45) is 0 Å². The lowest BCUT2D eigenvalue weighted by molar-refractivity contribution is 0.0691. The first-order valence-electron chi connectivity index (χ1n) is 8.66. The van der Waals surface area contributed by atoms with Gasteiger partial charge in [0.1, 0.15) is 0 Å². The summed E-state index contributed by atoms with van der Waals surface area (Å²) in [5.41, 5.74) is 2.58. The number of carboxylic acid groups (broad SMARTS) is 1. The van der Waals surface area contributed by atoms with Gasteiger partial charge in [-0.1, -0.05) is 66.4 Å². The standard InChI is InChI=1S/C22H16N2O3S/c25-20(16-10-4-5-11-17(16)21(26)27)24-19-13-7-6-12-18(19)23-22(24)28-14-15-8-2-1-3-9-15/h1-13H,14H2,(H,26,27). The lowest BCUT2D eigenvalue weighted by atomic mass is 10.1. The van der Waals surface area contributed by atoms with E-state index in [4.69, 9.17) is 0 Å². The summed E-state index contributed by atoms with van der Waals surface area (Å²) in [6.07, 6.45) is 0. The maximum Gasteiger partial charge on any atom is 0.336 e. The van der Waals surface area contributed by atoms with Crippen LogP contribution in [0.4, 0.5) is 0 Å². The summed E-state index contributed by atoms with van der Waals surface area (Å²) in [6, 6.07) is 23.5. The van der Waals surface area contributed by atoms with Crippen molar-refractivity contribution in [3.05, 3.63) is 95.6 Å². The zero-order valence-electron chi connectivity index (χ0n) is 14.8. The third-order valence-electron chi connectivity index (χ3n) is 4.33. The van der Waals surface area contributed by atoms with E-state index in [2.05, 4.69) is 4.98 Å². The van der Waals surface area contributed by atoms with Crippen molar-refractivity contribution < 1.29 is 14.7 Å². The Bertz CT molecular complexity index is 1170. The number of carboxylic acids is 1. The predicted octanol–water partition coefficient (Wildman–Crippen LogP) is 4.72. The van der Waals surface area contributed by atoms with E-state index < -0.39 is 11.9 Å². The van der Waals surface area contributed by atoms with Gasteiger partial charge in [0, 0.05) is 5.75 Å². The summed E-state index contributed by atoms with van der Waals surface area (Å²) in [6.45, 7) is 0. The van der Waals surface area contributed by atoms with Crippen LogP contribution in [0.5, 0.6) is 0 Å². The summed E-state index contributed by atoms with van der Waals surface area (Å²) in [4.78, 5) is 29.5. The molecule has 0 spiro atoms. The first-order valence-corrected chi connectivity index (χ1v) is 9.65. The number of imidazole rings is 1. The van der Waals surface area contributed by atoms with Gasteiger partial charge in [-0.3, -0.25) is 9.36 Å². The van der Waals surface area contributed by atoms with Gasteiger partial charge in [0.25, 0.3) is 5.91 Å². The molecule has 6 heteroatoms. The second-order valence-corrected chi connectivity index (χ2v) is 7.09. The van der Waals surface area contributed by atoms with E-state index in [1.54, 1.807) is 12.1 Å². The highest BCUT2D eigenvalue weighted by atomic mass is 32.2. The molecule has 0 amide bonds. The lowest BCUT2D eigenvalue weighted by Crippen LogP contribution is -2.17. The smallest absolute Gasteiger partial charge is 0.336 e. The third-order valence-corrected chi connectivity index (χ3v) is 5.34. The Morgan fingerprint density at radius 2 is 1.50 bits per heavy atom. The van der Waals surface area contributed by atoms with E-state index in [1.807, 2.05) is 54.6 Å². The highest BCUT2D eigenvalue weighted by molar-refractivity contribution is 7.98. The topological polar surface area (TPSA) is 72.2 Å². The summed E-state index contributed by atoms with van der Waals surface area (Å²) < 4.78 is 1.50. The number of hydrogen-bond acceptors (Lipinski definition) is 4. The van der Waals surface area contributed by atoms with Gasteiger partial charge >= 0.3 is 5.97 Å². The number of rotatable bonds is 5. The third kappa shape index (κ3) is 3.42. The van der Waals surface area contributed by atoms with Crippen molar-refractivity contribution in [2.75, 3.05) is 0 Å². The molecule has 3 aromatic carbocycles. The van der Waals surface area contributed by atoms with Crippen molar-refractivity contribution in [2.45, 2.75) is 10.9 Å². The fourth-order valence-electron chi connectivity index (χ4n) is 3.00. The lowest BCUT2D eigenvalue weighted by Gasteiger charge is -2.10. The van der Waals surface area contributed by atoms with Gasteiger partial charge in [-0.25, -0.2) is 9.78 Å². The van der Waals surface area contributed by atoms with Crippen LogP contribution in [-0.4, -0.2) is 26.5 Å². The van der Waals surface area contributed by atoms with Crippen LogP contribution in [0.15, 0.2) is 84.0 Å². The van der Waals surface area contributed by atoms with Gasteiger partial charge in [0.15, 0.2) is 5.16 Å². The minimum atomic E-state index is -1.13. The predicted molar refractivity (Wildman–Crippen MR) is 109 cm³/mol. The molecule has 4 aromatic rings. The molecule has 138 valence electrons. The molecule has 0 radical (unpaired) electrons. The maximum atomic E-state index is 13.3. The van der Waals surface area contributed by atoms with Gasteiger partial charge in [-0.2, -0.15) is 0 Å². The number of carbonyl (C=O) groups excluding carboxylic acids is 1. The number of carbonyl (C=O) groups is 2.